The van der Waals surface area contributed by atoms with Gasteiger partial charge in [-0.25, -0.2) is 0 Å². The van der Waals surface area contributed by atoms with Gasteiger partial charge in [0.25, 0.3) is 0 Å². The van der Waals surface area contributed by atoms with Gasteiger partial charge in [-0.05, 0) is 62.4 Å². The lowest BCUT2D eigenvalue weighted by molar-refractivity contribution is 0.336. The first-order valence-corrected chi connectivity index (χ1v) is 6.26. The Morgan fingerprint density at radius 1 is 1.21 bits per heavy atom. The van der Waals surface area contributed by atoms with Crippen LogP contribution in [-0.2, 0) is 0 Å². The summed E-state index contributed by atoms with van der Waals surface area (Å²) in [6.07, 6.45) is 0. The van der Waals surface area contributed by atoms with Gasteiger partial charge in [-0.15, -0.1) is 0 Å². The van der Waals surface area contributed by atoms with Gasteiger partial charge in [0.2, 0.25) is 0 Å². The first-order valence-electron chi connectivity index (χ1n) is 4.68. The van der Waals surface area contributed by atoms with Crippen molar-refractivity contribution in [3.05, 3.63) is 26.6 Å². The summed E-state index contributed by atoms with van der Waals surface area (Å²) in [5.74, 6) is 1.41. The van der Waals surface area contributed by atoms with Crippen molar-refractivity contribution >= 4 is 31.9 Å². The Labute approximate surface area is 102 Å². The van der Waals surface area contributed by atoms with Crippen LogP contribution in [0.3, 0.4) is 0 Å². The largest absolute Gasteiger partial charge is 0.492 e. The number of hydrogen-bond donors (Lipinski definition) is 0. The van der Waals surface area contributed by atoms with Crippen molar-refractivity contribution in [2.45, 2.75) is 26.7 Å². The fraction of sp³-hybridized carbons (Fsp3) is 0.455. The maximum Gasteiger partial charge on any atom is 0.147 e. The van der Waals surface area contributed by atoms with Crippen molar-refractivity contribution in [2.24, 2.45) is 0 Å². The third-order valence-corrected chi connectivity index (χ3v) is 3.15. The summed E-state index contributed by atoms with van der Waals surface area (Å²) in [7, 11) is 0. The van der Waals surface area contributed by atoms with Gasteiger partial charge in [0.15, 0.2) is 0 Å². The van der Waals surface area contributed by atoms with E-state index < -0.39 is 0 Å². The molecule has 0 spiro atoms. The molecular weight excluding hydrogens is 308 g/mol. The molecule has 0 bridgehead atoms. The van der Waals surface area contributed by atoms with Crippen LogP contribution in [0.2, 0.25) is 0 Å². The highest BCUT2D eigenvalue weighted by Gasteiger charge is 2.09. The molecule has 3 heteroatoms. The number of halogens is 2. The molecule has 1 nitrogen and oxygen atoms in total. The van der Waals surface area contributed by atoms with Crippen molar-refractivity contribution in [1.29, 1.82) is 0 Å². The fourth-order valence-electron chi connectivity index (χ4n) is 1.20. The minimum Gasteiger partial charge on any atom is -0.492 e. The predicted molar refractivity (Wildman–Crippen MR) is 67.1 cm³/mol. The Kier molecular flexibility index (Phi) is 4.45. The molecule has 78 valence electrons. The van der Waals surface area contributed by atoms with E-state index in [1.165, 1.54) is 5.56 Å². The van der Waals surface area contributed by atoms with Gasteiger partial charge in [0, 0.05) is 0 Å². The molecule has 1 aromatic carbocycles. The van der Waals surface area contributed by atoms with E-state index >= 15 is 0 Å². The van der Waals surface area contributed by atoms with Gasteiger partial charge in [0.05, 0.1) is 15.6 Å². The monoisotopic (exact) mass is 320 g/mol. The number of hydrogen-bond acceptors (Lipinski definition) is 1. The molecule has 1 rings (SSSR count). The third kappa shape index (κ3) is 2.74. The van der Waals surface area contributed by atoms with Gasteiger partial charge >= 0.3 is 0 Å². The van der Waals surface area contributed by atoms with E-state index in [1.54, 1.807) is 0 Å². The highest BCUT2D eigenvalue weighted by molar-refractivity contribution is 9.11. The van der Waals surface area contributed by atoms with E-state index in [2.05, 4.69) is 57.8 Å². The molecule has 0 saturated carbocycles. The van der Waals surface area contributed by atoms with Gasteiger partial charge in [-0.1, -0.05) is 13.8 Å². The summed E-state index contributed by atoms with van der Waals surface area (Å²) in [6.45, 7) is 7.01. The first kappa shape index (κ1) is 12.1. The van der Waals surface area contributed by atoms with E-state index in [1.807, 2.05) is 6.92 Å². The average Bonchev–Trinajstić information content (AvgIpc) is 2.10. The van der Waals surface area contributed by atoms with Crippen LogP contribution in [0, 0.1) is 0 Å². The second-order valence-corrected chi connectivity index (χ2v) is 5.11. The highest BCUT2D eigenvalue weighted by atomic mass is 79.9. The highest BCUT2D eigenvalue weighted by Crippen LogP contribution is 2.36. The minimum atomic E-state index is 0.526. The molecular formula is C11H14Br2O. The lowest BCUT2D eigenvalue weighted by Gasteiger charge is -2.12. The number of ether oxygens (including phenoxy) is 1. The minimum absolute atomic E-state index is 0.526. The molecule has 0 N–H and O–H groups in total. The van der Waals surface area contributed by atoms with Crippen LogP contribution in [0.1, 0.15) is 32.3 Å². The topological polar surface area (TPSA) is 9.23 Å². The van der Waals surface area contributed by atoms with E-state index in [0.717, 1.165) is 14.7 Å². The molecule has 0 fully saturated rings. The van der Waals surface area contributed by atoms with E-state index in [0.29, 0.717) is 12.5 Å². The molecule has 0 unspecified atom stereocenters. The van der Waals surface area contributed by atoms with Gasteiger partial charge in [0.1, 0.15) is 5.75 Å². The van der Waals surface area contributed by atoms with E-state index in [9.17, 15) is 0 Å². The SMILES string of the molecule is CCOc1c(Br)cc(C(C)C)cc1Br. The first-order chi connectivity index (χ1) is 6.56. The van der Waals surface area contributed by atoms with Crippen LogP contribution in [-0.4, -0.2) is 6.61 Å². The van der Waals surface area contributed by atoms with Crippen LogP contribution in [0.4, 0.5) is 0 Å². The van der Waals surface area contributed by atoms with Crippen LogP contribution in [0.15, 0.2) is 21.1 Å². The zero-order valence-corrected chi connectivity index (χ0v) is 11.8. The zero-order chi connectivity index (χ0) is 10.7. The number of benzene rings is 1. The van der Waals surface area contributed by atoms with Crippen LogP contribution >= 0.6 is 31.9 Å². The summed E-state index contributed by atoms with van der Waals surface area (Å²) in [5, 5.41) is 0. The lowest BCUT2D eigenvalue weighted by atomic mass is 10.0. The summed E-state index contributed by atoms with van der Waals surface area (Å²) >= 11 is 7.02. The van der Waals surface area contributed by atoms with E-state index in [4.69, 9.17) is 4.74 Å². The van der Waals surface area contributed by atoms with Crippen molar-refractivity contribution in [2.75, 3.05) is 6.61 Å². The predicted octanol–water partition coefficient (Wildman–Crippen LogP) is 4.73. The summed E-state index contributed by atoms with van der Waals surface area (Å²) in [4.78, 5) is 0. The van der Waals surface area contributed by atoms with Crippen molar-refractivity contribution in [1.82, 2.24) is 0 Å². The van der Waals surface area contributed by atoms with Crippen molar-refractivity contribution in [3.8, 4) is 5.75 Å². The van der Waals surface area contributed by atoms with Crippen LogP contribution in [0.25, 0.3) is 0 Å². The molecule has 0 atom stereocenters. The Hall–Kier alpha value is -0.0200. The standard InChI is InChI=1S/C11H14Br2O/c1-4-14-11-9(12)5-8(7(2)3)6-10(11)13/h5-7H,4H2,1-3H3. The quantitative estimate of drug-likeness (QED) is 0.781. The van der Waals surface area contributed by atoms with Gasteiger partial charge in [-0.2, -0.15) is 0 Å². The third-order valence-electron chi connectivity index (χ3n) is 1.98. The van der Waals surface area contributed by atoms with Crippen LogP contribution < -0.4 is 4.74 Å². The van der Waals surface area contributed by atoms with Crippen LogP contribution in [0.5, 0.6) is 5.75 Å². The van der Waals surface area contributed by atoms with E-state index in [-0.39, 0.29) is 0 Å². The molecule has 0 amide bonds. The Balaban J connectivity index is 3.11. The summed E-state index contributed by atoms with van der Waals surface area (Å²) in [5.41, 5.74) is 1.30. The fourth-order valence-corrected chi connectivity index (χ4v) is 2.65. The number of rotatable bonds is 3. The molecule has 14 heavy (non-hydrogen) atoms. The maximum absolute atomic E-state index is 5.51. The molecule has 0 aliphatic rings. The smallest absolute Gasteiger partial charge is 0.147 e. The van der Waals surface area contributed by atoms with Crippen molar-refractivity contribution in [3.63, 3.8) is 0 Å². The molecule has 0 heterocycles. The van der Waals surface area contributed by atoms with Gasteiger partial charge < -0.3 is 4.74 Å². The van der Waals surface area contributed by atoms with Gasteiger partial charge in [-0.3, -0.25) is 0 Å². The van der Waals surface area contributed by atoms with Crippen molar-refractivity contribution < 1.29 is 4.74 Å². The Morgan fingerprint density at radius 2 is 1.71 bits per heavy atom. The Bertz CT molecular complexity index is 298. The molecule has 0 aliphatic carbocycles. The molecule has 0 radical (unpaired) electrons. The summed E-state index contributed by atoms with van der Waals surface area (Å²) < 4.78 is 7.53. The molecule has 0 aromatic heterocycles. The normalized spacial score (nSPS) is 10.7. The molecule has 1 aromatic rings. The Morgan fingerprint density at radius 3 is 2.07 bits per heavy atom. The summed E-state index contributed by atoms with van der Waals surface area (Å²) in [6, 6.07) is 4.22. The lowest BCUT2D eigenvalue weighted by Crippen LogP contribution is -1.96. The second-order valence-electron chi connectivity index (χ2n) is 3.40. The molecule has 0 saturated heterocycles. The maximum atomic E-state index is 5.51. The molecule has 0 aliphatic heterocycles. The average molecular weight is 322 g/mol. The second kappa shape index (κ2) is 5.17. The zero-order valence-electron chi connectivity index (χ0n) is 8.60.